The fourth-order valence-corrected chi connectivity index (χ4v) is 9.98. The summed E-state index contributed by atoms with van der Waals surface area (Å²) >= 11 is 0. The van der Waals surface area contributed by atoms with E-state index >= 15 is 0 Å². The number of nitrogens with zero attached hydrogens (tertiary/aromatic N) is 2. The van der Waals surface area contributed by atoms with E-state index in [1.165, 1.54) is 88.4 Å². The predicted octanol–water partition coefficient (Wildman–Crippen LogP) is 12.8. The molecule has 6 aromatic carbocycles. The van der Waals surface area contributed by atoms with Gasteiger partial charge >= 0.3 is 0 Å². The number of para-hydroxylation sites is 2. The molecule has 0 saturated carbocycles. The second-order valence-corrected chi connectivity index (χ2v) is 17.1. The Balaban J connectivity index is 1.34. The van der Waals surface area contributed by atoms with Crippen molar-refractivity contribution in [3.8, 4) is 22.5 Å². The molecule has 2 nitrogen and oxygen atoms in total. The molecule has 246 valence electrons. The van der Waals surface area contributed by atoms with Gasteiger partial charge in [-0.1, -0.05) is 116 Å². The predicted molar refractivity (Wildman–Crippen MR) is 213 cm³/mol. The Kier molecular flexibility index (Phi) is 5.59. The van der Waals surface area contributed by atoms with E-state index in [0.29, 0.717) is 0 Å². The summed E-state index contributed by atoms with van der Waals surface area (Å²) in [7, 11) is 0. The maximum Gasteiger partial charge on any atom is 0.0547 e. The molecule has 0 spiro atoms. The minimum Gasteiger partial charge on any atom is -0.309 e. The third-order valence-corrected chi connectivity index (χ3v) is 14.0. The zero-order valence-electron chi connectivity index (χ0n) is 30.4. The van der Waals surface area contributed by atoms with E-state index in [-0.39, 0.29) is 21.7 Å². The summed E-state index contributed by atoms with van der Waals surface area (Å²) in [4.78, 5) is 0. The number of fused-ring (bicyclic) bond motifs is 10. The third-order valence-electron chi connectivity index (χ3n) is 14.0. The first-order valence-electron chi connectivity index (χ1n) is 18.2. The van der Waals surface area contributed by atoms with E-state index in [9.17, 15) is 0 Å². The van der Waals surface area contributed by atoms with Crippen LogP contribution in [0.3, 0.4) is 0 Å². The van der Waals surface area contributed by atoms with E-state index in [1.54, 1.807) is 0 Å². The van der Waals surface area contributed by atoms with Gasteiger partial charge in [0.15, 0.2) is 0 Å². The van der Waals surface area contributed by atoms with Gasteiger partial charge in [-0.3, -0.25) is 0 Å². The zero-order valence-corrected chi connectivity index (χ0v) is 30.4. The van der Waals surface area contributed by atoms with Gasteiger partial charge in [0.1, 0.15) is 0 Å². The third kappa shape index (κ3) is 3.45. The van der Waals surface area contributed by atoms with Crippen LogP contribution in [0.25, 0.3) is 66.1 Å². The molecule has 2 aromatic heterocycles. The summed E-state index contributed by atoms with van der Waals surface area (Å²) < 4.78 is 4.98. The molecule has 2 aliphatic carbocycles. The van der Waals surface area contributed by atoms with Crippen molar-refractivity contribution in [2.24, 2.45) is 5.41 Å². The van der Waals surface area contributed by atoms with Crippen molar-refractivity contribution in [1.29, 1.82) is 0 Å². The lowest BCUT2D eigenvalue weighted by Gasteiger charge is -2.44. The summed E-state index contributed by atoms with van der Waals surface area (Å²) in [5, 5.41) is 5.23. The van der Waals surface area contributed by atoms with Crippen LogP contribution in [-0.2, 0) is 16.2 Å². The minimum absolute atomic E-state index is 0.0110. The van der Waals surface area contributed by atoms with Crippen molar-refractivity contribution in [2.45, 2.75) is 71.6 Å². The van der Waals surface area contributed by atoms with Crippen molar-refractivity contribution in [2.75, 3.05) is 0 Å². The lowest BCUT2D eigenvalue weighted by atomic mass is 9.59. The first-order valence-corrected chi connectivity index (χ1v) is 18.2. The Bertz CT molecular complexity index is 2740. The van der Waals surface area contributed by atoms with Crippen LogP contribution < -0.4 is 0 Å². The molecule has 0 amide bonds. The zero-order chi connectivity index (χ0) is 34.5. The first kappa shape index (κ1) is 29.8. The van der Waals surface area contributed by atoms with Gasteiger partial charge in [0, 0.05) is 38.3 Å². The van der Waals surface area contributed by atoms with Crippen LogP contribution in [0.1, 0.15) is 77.6 Å². The highest BCUT2D eigenvalue weighted by Gasteiger charge is 2.57. The molecule has 2 heteroatoms. The summed E-state index contributed by atoms with van der Waals surface area (Å²) in [5.74, 6) is 0. The van der Waals surface area contributed by atoms with Crippen molar-refractivity contribution in [3.63, 3.8) is 0 Å². The molecule has 0 aliphatic heterocycles. The van der Waals surface area contributed by atoms with E-state index in [1.807, 2.05) is 0 Å². The van der Waals surface area contributed by atoms with Crippen LogP contribution in [0.15, 0.2) is 121 Å². The van der Waals surface area contributed by atoms with Gasteiger partial charge in [0.05, 0.1) is 22.1 Å². The van der Waals surface area contributed by atoms with Gasteiger partial charge in [0.25, 0.3) is 0 Å². The highest BCUT2D eigenvalue weighted by molar-refractivity contribution is 6.14. The number of hydrogen-bond donors (Lipinski definition) is 0. The standard InChI is InChI=1S/C48H44N2/c1-45(2)37-20-14-12-18-31(37)33-27-43-35(25-38(33)45)36-26-39-40(47(5,6)48(7,8)46(39,3)4)28-44(36)50(43)30-22-23-42-34(24-30)32-19-13-15-21-41(32)49(42)29-16-10-9-11-17-29/h9-28H,1-8H3. The highest BCUT2D eigenvalue weighted by atomic mass is 15.0. The minimum atomic E-state index is -0.0628. The Morgan fingerprint density at radius 2 is 0.920 bits per heavy atom. The quantitative estimate of drug-likeness (QED) is 0.177. The van der Waals surface area contributed by atoms with E-state index in [2.05, 4.69) is 186 Å². The molecule has 8 aromatic rings. The highest BCUT2D eigenvalue weighted by Crippen LogP contribution is 2.62. The maximum absolute atomic E-state index is 2.57. The molecule has 0 unspecified atom stereocenters. The lowest BCUT2D eigenvalue weighted by molar-refractivity contribution is 0.125. The first-order chi connectivity index (χ1) is 23.8. The number of aromatic nitrogens is 2. The largest absolute Gasteiger partial charge is 0.309 e. The van der Waals surface area contributed by atoms with Gasteiger partial charge < -0.3 is 9.13 Å². The number of hydrogen-bond acceptors (Lipinski definition) is 0. The Morgan fingerprint density at radius 1 is 0.360 bits per heavy atom. The molecular weight excluding hydrogens is 605 g/mol. The number of benzene rings is 6. The van der Waals surface area contributed by atoms with Crippen molar-refractivity contribution in [1.82, 2.24) is 9.13 Å². The fourth-order valence-electron chi connectivity index (χ4n) is 9.98. The molecule has 0 bridgehead atoms. The van der Waals surface area contributed by atoms with Crippen molar-refractivity contribution in [3.05, 3.63) is 144 Å². The van der Waals surface area contributed by atoms with Crippen LogP contribution in [-0.4, -0.2) is 9.13 Å². The molecule has 2 heterocycles. The monoisotopic (exact) mass is 648 g/mol. The Hall–Kier alpha value is -5.08. The van der Waals surface area contributed by atoms with Crippen LogP contribution >= 0.6 is 0 Å². The lowest BCUT2D eigenvalue weighted by Crippen LogP contribution is -2.42. The molecule has 0 atom stereocenters. The Labute approximate surface area is 295 Å². The van der Waals surface area contributed by atoms with E-state index in [0.717, 1.165) is 0 Å². The molecule has 10 rings (SSSR count). The van der Waals surface area contributed by atoms with Gasteiger partial charge in [-0.05, 0) is 110 Å². The summed E-state index contributed by atoms with van der Waals surface area (Å²) in [6, 6.07) is 45.9. The molecule has 0 fully saturated rings. The van der Waals surface area contributed by atoms with E-state index in [4.69, 9.17) is 0 Å². The van der Waals surface area contributed by atoms with Crippen molar-refractivity contribution < 1.29 is 0 Å². The maximum atomic E-state index is 2.57. The average molecular weight is 649 g/mol. The van der Waals surface area contributed by atoms with Crippen LogP contribution in [0.5, 0.6) is 0 Å². The Morgan fingerprint density at radius 3 is 1.68 bits per heavy atom. The van der Waals surface area contributed by atoms with Gasteiger partial charge in [-0.2, -0.15) is 0 Å². The molecule has 0 saturated heterocycles. The molecular formula is C48H44N2. The molecule has 50 heavy (non-hydrogen) atoms. The number of rotatable bonds is 2. The van der Waals surface area contributed by atoms with Gasteiger partial charge in [-0.25, -0.2) is 0 Å². The average Bonchev–Trinajstić information content (AvgIpc) is 3.72. The molecule has 0 radical (unpaired) electrons. The SMILES string of the molecule is CC1(C)c2ccccc2-c2cc3c(cc21)c1cc2c(cc1n3-c1ccc3c(c1)c1ccccc1n3-c1ccccc1)C(C)(C)C(C)(C)C2(C)C. The second-order valence-electron chi connectivity index (χ2n) is 17.1. The van der Waals surface area contributed by atoms with Crippen LogP contribution in [0.4, 0.5) is 0 Å². The van der Waals surface area contributed by atoms with Gasteiger partial charge in [0.2, 0.25) is 0 Å². The summed E-state index contributed by atoms with van der Waals surface area (Å²) in [6.45, 7) is 19.5. The van der Waals surface area contributed by atoms with Crippen LogP contribution in [0.2, 0.25) is 0 Å². The normalized spacial score (nSPS) is 17.8. The van der Waals surface area contributed by atoms with E-state index < -0.39 is 0 Å². The van der Waals surface area contributed by atoms with Crippen molar-refractivity contribution >= 4 is 43.6 Å². The summed E-state index contributed by atoms with van der Waals surface area (Å²) in [5.41, 5.74) is 16.0. The molecule has 0 N–H and O–H groups in total. The smallest absolute Gasteiger partial charge is 0.0547 e. The van der Waals surface area contributed by atoms with Crippen LogP contribution in [0, 0.1) is 5.41 Å². The second kappa shape index (κ2) is 9.37. The summed E-state index contributed by atoms with van der Waals surface area (Å²) in [6.07, 6.45) is 0. The fraction of sp³-hybridized carbons (Fsp3) is 0.250. The topological polar surface area (TPSA) is 9.86 Å². The molecule has 2 aliphatic rings. The van der Waals surface area contributed by atoms with Gasteiger partial charge in [-0.15, -0.1) is 0 Å².